The number of nitrogens with zero attached hydrogens (tertiary/aromatic N) is 2. The lowest BCUT2D eigenvalue weighted by atomic mass is 10.4. The van der Waals surface area contributed by atoms with Crippen LogP contribution >= 0.6 is 0 Å². The normalized spacial score (nSPS) is 10.3. The molecule has 1 heterocycles. The Morgan fingerprint density at radius 3 is 3.06 bits per heavy atom. The van der Waals surface area contributed by atoms with Crippen LogP contribution in [0.15, 0.2) is 6.33 Å². The zero-order valence-electron chi connectivity index (χ0n) is 9.23. The van der Waals surface area contributed by atoms with Crippen molar-refractivity contribution in [1.29, 1.82) is 0 Å². The number of rotatable bonds is 8. The van der Waals surface area contributed by atoms with Gasteiger partial charge in [0.1, 0.15) is 6.33 Å². The van der Waals surface area contributed by atoms with E-state index in [0.29, 0.717) is 26.4 Å². The number of ether oxygens (including phenoxy) is 2. The topological polar surface area (TPSA) is 89.1 Å². The molecule has 7 nitrogen and oxygen atoms in total. The van der Waals surface area contributed by atoms with E-state index in [4.69, 9.17) is 9.47 Å². The standard InChI is InChI=1S/C9H16N4O3/c1-15-5-6-16-4-2-3-10-9(14)8-11-7-12-13-8/h7H,2-6H2,1H3,(H,10,14)(H,11,12,13). The Kier molecular flexibility index (Phi) is 6.12. The molecule has 0 aliphatic carbocycles. The van der Waals surface area contributed by atoms with Crippen molar-refractivity contribution in [2.24, 2.45) is 0 Å². The predicted octanol–water partition coefficient (Wildman–Crippen LogP) is -0.412. The number of carbonyl (C=O) groups excluding carboxylic acids is 1. The zero-order valence-corrected chi connectivity index (χ0v) is 9.23. The van der Waals surface area contributed by atoms with Gasteiger partial charge in [-0.05, 0) is 6.42 Å². The van der Waals surface area contributed by atoms with Crippen molar-refractivity contribution < 1.29 is 14.3 Å². The number of hydrogen-bond acceptors (Lipinski definition) is 5. The molecule has 0 atom stereocenters. The summed E-state index contributed by atoms with van der Waals surface area (Å²) in [6.45, 7) is 2.31. The maximum Gasteiger partial charge on any atom is 0.288 e. The lowest BCUT2D eigenvalue weighted by molar-refractivity contribution is 0.0688. The fraction of sp³-hybridized carbons (Fsp3) is 0.667. The highest BCUT2D eigenvalue weighted by Crippen LogP contribution is 1.86. The summed E-state index contributed by atoms with van der Waals surface area (Å²) in [5.74, 6) is -0.0327. The van der Waals surface area contributed by atoms with Crippen LogP contribution in [0.25, 0.3) is 0 Å². The van der Waals surface area contributed by atoms with Gasteiger partial charge in [0.15, 0.2) is 0 Å². The molecular weight excluding hydrogens is 212 g/mol. The molecule has 0 fully saturated rings. The second kappa shape index (κ2) is 7.77. The molecule has 1 aromatic heterocycles. The molecule has 0 radical (unpaired) electrons. The van der Waals surface area contributed by atoms with Crippen LogP contribution in [-0.2, 0) is 9.47 Å². The van der Waals surface area contributed by atoms with Crippen molar-refractivity contribution in [2.75, 3.05) is 33.5 Å². The molecule has 0 aromatic carbocycles. The predicted molar refractivity (Wildman–Crippen MR) is 56.0 cm³/mol. The SMILES string of the molecule is COCCOCCCNC(=O)c1ncn[nH]1. The van der Waals surface area contributed by atoms with Crippen LogP contribution in [0, 0.1) is 0 Å². The van der Waals surface area contributed by atoms with Gasteiger partial charge in [-0.2, -0.15) is 5.10 Å². The molecule has 7 heteroatoms. The van der Waals surface area contributed by atoms with Gasteiger partial charge in [0.05, 0.1) is 13.2 Å². The molecule has 0 unspecified atom stereocenters. The molecule has 1 rings (SSSR count). The minimum Gasteiger partial charge on any atom is -0.382 e. The number of nitrogens with one attached hydrogen (secondary N) is 2. The second-order valence-corrected chi connectivity index (χ2v) is 3.05. The Morgan fingerprint density at radius 1 is 1.50 bits per heavy atom. The highest BCUT2D eigenvalue weighted by atomic mass is 16.5. The zero-order chi connectivity index (χ0) is 11.6. The number of amides is 1. The molecule has 2 N–H and O–H groups in total. The molecule has 90 valence electrons. The Hall–Kier alpha value is -1.47. The third kappa shape index (κ3) is 4.85. The van der Waals surface area contributed by atoms with Gasteiger partial charge in [-0.1, -0.05) is 0 Å². The largest absolute Gasteiger partial charge is 0.382 e. The van der Waals surface area contributed by atoms with Crippen molar-refractivity contribution in [3.05, 3.63) is 12.2 Å². The summed E-state index contributed by atoms with van der Waals surface area (Å²) in [7, 11) is 1.63. The molecule has 0 aliphatic heterocycles. The van der Waals surface area contributed by atoms with Gasteiger partial charge in [0.2, 0.25) is 5.82 Å². The van der Waals surface area contributed by atoms with E-state index in [1.54, 1.807) is 7.11 Å². The van der Waals surface area contributed by atoms with E-state index in [1.807, 2.05) is 0 Å². The maximum atomic E-state index is 11.3. The van der Waals surface area contributed by atoms with Gasteiger partial charge in [-0.15, -0.1) is 0 Å². The Labute approximate surface area is 93.5 Å². The van der Waals surface area contributed by atoms with E-state index >= 15 is 0 Å². The first-order valence-corrected chi connectivity index (χ1v) is 5.05. The van der Waals surface area contributed by atoms with Gasteiger partial charge >= 0.3 is 0 Å². The Morgan fingerprint density at radius 2 is 2.38 bits per heavy atom. The smallest absolute Gasteiger partial charge is 0.288 e. The fourth-order valence-corrected chi connectivity index (χ4v) is 1.02. The van der Waals surface area contributed by atoms with Crippen LogP contribution in [0.3, 0.4) is 0 Å². The van der Waals surface area contributed by atoms with Crippen LogP contribution in [0.5, 0.6) is 0 Å². The number of H-pyrrole nitrogens is 1. The number of aromatic nitrogens is 3. The maximum absolute atomic E-state index is 11.3. The summed E-state index contributed by atoms with van der Waals surface area (Å²) in [5, 5.41) is 8.76. The first kappa shape index (κ1) is 12.6. The van der Waals surface area contributed by atoms with E-state index in [-0.39, 0.29) is 11.7 Å². The van der Waals surface area contributed by atoms with E-state index in [1.165, 1.54) is 6.33 Å². The second-order valence-electron chi connectivity index (χ2n) is 3.05. The molecule has 0 aliphatic rings. The van der Waals surface area contributed by atoms with Crippen molar-refractivity contribution >= 4 is 5.91 Å². The highest BCUT2D eigenvalue weighted by Gasteiger charge is 2.06. The molecule has 0 bridgehead atoms. The minimum atomic E-state index is -0.255. The van der Waals surface area contributed by atoms with Crippen LogP contribution in [0.4, 0.5) is 0 Å². The molecule has 16 heavy (non-hydrogen) atoms. The van der Waals surface area contributed by atoms with Gasteiger partial charge in [0.25, 0.3) is 5.91 Å². The minimum absolute atomic E-state index is 0.223. The van der Waals surface area contributed by atoms with E-state index in [2.05, 4.69) is 20.5 Å². The number of carbonyl (C=O) groups is 1. The quantitative estimate of drug-likeness (QED) is 0.590. The van der Waals surface area contributed by atoms with Crippen molar-refractivity contribution in [1.82, 2.24) is 20.5 Å². The Bertz CT molecular complexity index is 289. The summed E-state index contributed by atoms with van der Waals surface area (Å²) in [5.41, 5.74) is 0. The van der Waals surface area contributed by atoms with E-state index < -0.39 is 0 Å². The lowest BCUT2D eigenvalue weighted by Gasteiger charge is -2.04. The monoisotopic (exact) mass is 228 g/mol. The van der Waals surface area contributed by atoms with Gasteiger partial charge in [-0.25, -0.2) is 4.98 Å². The number of methoxy groups -OCH3 is 1. The van der Waals surface area contributed by atoms with E-state index in [9.17, 15) is 4.79 Å². The van der Waals surface area contributed by atoms with Crippen LogP contribution in [0.1, 0.15) is 17.0 Å². The van der Waals surface area contributed by atoms with Gasteiger partial charge in [0, 0.05) is 20.3 Å². The lowest BCUT2D eigenvalue weighted by Crippen LogP contribution is -2.26. The highest BCUT2D eigenvalue weighted by molar-refractivity contribution is 5.90. The first-order chi connectivity index (χ1) is 7.84. The third-order valence-electron chi connectivity index (χ3n) is 1.81. The van der Waals surface area contributed by atoms with Crippen LogP contribution < -0.4 is 5.32 Å². The summed E-state index contributed by atoms with van der Waals surface area (Å²) in [4.78, 5) is 15.1. The van der Waals surface area contributed by atoms with Gasteiger partial charge < -0.3 is 14.8 Å². The van der Waals surface area contributed by atoms with Crippen molar-refractivity contribution in [2.45, 2.75) is 6.42 Å². The molecule has 0 spiro atoms. The van der Waals surface area contributed by atoms with Gasteiger partial charge in [-0.3, -0.25) is 9.89 Å². The summed E-state index contributed by atoms with van der Waals surface area (Å²) < 4.78 is 10.1. The van der Waals surface area contributed by atoms with E-state index in [0.717, 1.165) is 6.42 Å². The third-order valence-corrected chi connectivity index (χ3v) is 1.81. The van der Waals surface area contributed by atoms with Crippen LogP contribution in [-0.4, -0.2) is 54.6 Å². The Balaban J connectivity index is 1.97. The molecule has 1 amide bonds. The fourth-order valence-electron chi connectivity index (χ4n) is 1.02. The number of aromatic amines is 1. The molecule has 0 saturated carbocycles. The molecular formula is C9H16N4O3. The summed E-state index contributed by atoms with van der Waals surface area (Å²) >= 11 is 0. The average Bonchev–Trinajstić information content (AvgIpc) is 2.81. The summed E-state index contributed by atoms with van der Waals surface area (Å²) in [6.07, 6.45) is 2.05. The number of hydrogen-bond donors (Lipinski definition) is 2. The average molecular weight is 228 g/mol. The van der Waals surface area contributed by atoms with Crippen molar-refractivity contribution in [3.8, 4) is 0 Å². The summed E-state index contributed by atoms with van der Waals surface area (Å²) in [6, 6.07) is 0. The van der Waals surface area contributed by atoms with Crippen LogP contribution in [0.2, 0.25) is 0 Å². The first-order valence-electron chi connectivity index (χ1n) is 5.05. The van der Waals surface area contributed by atoms with Crippen molar-refractivity contribution in [3.63, 3.8) is 0 Å². The molecule has 0 saturated heterocycles. The molecule has 1 aromatic rings.